The monoisotopic (exact) mass is 462 g/mol. The molecule has 0 spiro atoms. The number of rotatable bonds is 4. The number of nitro benzene ring substituents is 1. The van der Waals surface area contributed by atoms with E-state index in [1.54, 1.807) is 0 Å². The summed E-state index contributed by atoms with van der Waals surface area (Å²) in [4.78, 5) is 27.1. The van der Waals surface area contributed by atoms with E-state index in [1.165, 1.54) is 12.1 Å². The van der Waals surface area contributed by atoms with Crippen molar-refractivity contribution in [3.05, 3.63) is 79.3 Å². The smallest absolute Gasteiger partial charge is 0.428 e. The van der Waals surface area contributed by atoms with Crippen LogP contribution in [0.25, 0.3) is 5.70 Å². The number of methoxy groups -OCH3 is 1. The molecule has 0 aliphatic carbocycles. The maximum atomic E-state index is 14.0. The highest BCUT2D eigenvalue weighted by Crippen LogP contribution is 2.48. The van der Waals surface area contributed by atoms with Crippen molar-refractivity contribution < 1.29 is 32.5 Å². The lowest BCUT2D eigenvalue weighted by Gasteiger charge is -2.28. The average molecular weight is 463 g/mol. The molecule has 30 heavy (non-hydrogen) atoms. The van der Waals surface area contributed by atoms with Gasteiger partial charge in [-0.1, -0.05) is 29.3 Å². The first-order chi connectivity index (χ1) is 14.0. The molecule has 3 rings (SSSR count). The number of carbonyl (C=O) groups is 1. The van der Waals surface area contributed by atoms with Crippen LogP contribution in [-0.2, 0) is 15.2 Å². The topological polar surface area (TPSA) is 90.7 Å². The standard InChI is InChI=1S/C18H11Cl2F3N2O5/c1-29-16(26)13-3-2-9(4-15(13)25(27)28)14-8-17(30-24-14,18(21,22)23)10-5-11(19)7-12(20)6-10/h2-8,24H,1H3. The molecule has 0 aromatic heterocycles. The van der Waals surface area contributed by atoms with Crippen molar-refractivity contribution in [1.82, 2.24) is 5.48 Å². The molecule has 1 aliphatic heterocycles. The van der Waals surface area contributed by atoms with Crippen LogP contribution < -0.4 is 5.48 Å². The molecule has 1 N–H and O–H groups in total. The maximum Gasteiger partial charge on any atom is 0.428 e. The fourth-order valence-corrected chi connectivity index (χ4v) is 3.41. The largest absolute Gasteiger partial charge is 0.465 e. The molecule has 0 fully saturated rings. The average Bonchev–Trinajstić information content (AvgIpc) is 3.13. The van der Waals surface area contributed by atoms with Gasteiger partial charge in [0, 0.05) is 27.2 Å². The Bertz CT molecular complexity index is 1050. The van der Waals surface area contributed by atoms with Crippen molar-refractivity contribution in [2.24, 2.45) is 0 Å². The molecule has 0 radical (unpaired) electrons. The Kier molecular flexibility index (Phi) is 5.68. The van der Waals surface area contributed by atoms with Crippen molar-refractivity contribution in [3.8, 4) is 0 Å². The molecule has 0 bridgehead atoms. The summed E-state index contributed by atoms with van der Waals surface area (Å²) < 4.78 is 46.5. The van der Waals surface area contributed by atoms with E-state index in [0.717, 1.165) is 31.4 Å². The van der Waals surface area contributed by atoms with Crippen molar-refractivity contribution in [2.45, 2.75) is 11.8 Å². The number of hydrogen-bond acceptors (Lipinski definition) is 6. The van der Waals surface area contributed by atoms with Crippen LogP contribution in [0.1, 0.15) is 21.5 Å². The number of nitrogens with one attached hydrogen (secondary N) is 1. The Morgan fingerprint density at radius 3 is 2.37 bits per heavy atom. The molecule has 0 saturated heterocycles. The lowest BCUT2D eigenvalue weighted by atomic mass is 9.91. The first-order valence-corrected chi connectivity index (χ1v) is 8.81. The zero-order valence-corrected chi connectivity index (χ0v) is 16.4. The number of ether oxygens (including phenoxy) is 1. The van der Waals surface area contributed by atoms with E-state index in [4.69, 9.17) is 28.0 Å². The van der Waals surface area contributed by atoms with Gasteiger partial charge in [-0.15, -0.1) is 0 Å². The molecule has 0 saturated carbocycles. The molecule has 1 atom stereocenters. The Morgan fingerprint density at radius 2 is 1.83 bits per heavy atom. The normalized spacial score (nSPS) is 18.5. The molecule has 1 heterocycles. The summed E-state index contributed by atoms with van der Waals surface area (Å²) in [5, 5.41) is 11.2. The van der Waals surface area contributed by atoms with Gasteiger partial charge in [-0.3, -0.25) is 20.4 Å². The van der Waals surface area contributed by atoms with Crippen LogP contribution in [0.4, 0.5) is 18.9 Å². The van der Waals surface area contributed by atoms with Gasteiger partial charge in [-0.25, -0.2) is 4.79 Å². The summed E-state index contributed by atoms with van der Waals surface area (Å²) in [5.41, 5.74) is -2.41. The third kappa shape index (κ3) is 3.81. The van der Waals surface area contributed by atoms with Gasteiger partial charge in [-0.2, -0.15) is 13.2 Å². The predicted octanol–water partition coefficient (Wildman–Crippen LogP) is 5.02. The fourth-order valence-electron chi connectivity index (χ4n) is 2.89. The second kappa shape index (κ2) is 7.78. The number of nitro groups is 1. The van der Waals surface area contributed by atoms with E-state index in [1.807, 2.05) is 0 Å². The summed E-state index contributed by atoms with van der Waals surface area (Å²) in [6, 6.07) is 6.59. The van der Waals surface area contributed by atoms with Gasteiger partial charge in [0.25, 0.3) is 5.69 Å². The van der Waals surface area contributed by atoms with Gasteiger partial charge in [0.1, 0.15) is 5.56 Å². The summed E-state index contributed by atoms with van der Waals surface area (Å²) in [6.45, 7) is 0. The third-order valence-corrected chi connectivity index (χ3v) is 4.73. The molecule has 12 heteroatoms. The summed E-state index contributed by atoms with van der Waals surface area (Å²) >= 11 is 11.7. The molecule has 2 aromatic carbocycles. The fraction of sp³-hybridized carbons (Fsp3) is 0.167. The van der Waals surface area contributed by atoms with E-state index in [-0.39, 0.29) is 26.9 Å². The van der Waals surface area contributed by atoms with Crippen LogP contribution in [0.5, 0.6) is 0 Å². The summed E-state index contributed by atoms with van der Waals surface area (Å²) in [6.07, 6.45) is -4.22. The van der Waals surface area contributed by atoms with Gasteiger partial charge >= 0.3 is 12.1 Å². The molecule has 7 nitrogen and oxygen atoms in total. The van der Waals surface area contributed by atoms with Crippen molar-refractivity contribution in [2.75, 3.05) is 7.11 Å². The third-order valence-electron chi connectivity index (χ3n) is 4.29. The van der Waals surface area contributed by atoms with Gasteiger partial charge < -0.3 is 4.74 Å². The molecular formula is C18H11Cl2F3N2O5. The number of alkyl halides is 3. The number of esters is 1. The predicted molar refractivity (Wildman–Crippen MR) is 101 cm³/mol. The van der Waals surface area contributed by atoms with E-state index >= 15 is 0 Å². The van der Waals surface area contributed by atoms with Gasteiger partial charge in [0.2, 0.25) is 5.60 Å². The van der Waals surface area contributed by atoms with E-state index in [2.05, 4.69) is 10.2 Å². The lowest BCUT2D eigenvalue weighted by Crippen LogP contribution is -2.42. The van der Waals surface area contributed by atoms with Crippen LogP contribution in [0.15, 0.2) is 42.5 Å². The second-order valence-electron chi connectivity index (χ2n) is 6.13. The quantitative estimate of drug-likeness (QED) is 0.389. The highest BCUT2D eigenvalue weighted by Gasteiger charge is 2.59. The van der Waals surface area contributed by atoms with Gasteiger partial charge in [-0.05, 0) is 30.3 Å². The molecule has 0 amide bonds. The van der Waals surface area contributed by atoms with Crippen molar-refractivity contribution in [1.29, 1.82) is 0 Å². The van der Waals surface area contributed by atoms with Crippen LogP contribution in [-0.4, -0.2) is 24.2 Å². The minimum absolute atomic E-state index is 0.0198. The molecule has 158 valence electrons. The molecule has 2 aromatic rings. The van der Waals surface area contributed by atoms with Gasteiger partial charge in [0.15, 0.2) is 0 Å². The number of benzene rings is 2. The Morgan fingerprint density at radius 1 is 1.20 bits per heavy atom. The number of hydrogen-bond donors (Lipinski definition) is 1. The second-order valence-corrected chi connectivity index (χ2v) is 7.01. The minimum atomic E-state index is -4.94. The number of hydroxylamine groups is 1. The maximum absolute atomic E-state index is 14.0. The number of halogens is 5. The van der Waals surface area contributed by atoms with Crippen LogP contribution >= 0.6 is 23.2 Å². The SMILES string of the molecule is COC(=O)c1ccc(C2=CC(c3cc(Cl)cc(Cl)c3)(C(F)(F)F)ON2)cc1[N+](=O)[O-]. The van der Waals surface area contributed by atoms with Gasteiger partial charge in [0.05, 0.1) is 17.7 Å². The van der Waals surface area contributed by atoms with E-state index in [9.17, 15) is 28.1 Å². The van der Waals surface area contributed by atoms with E-state index < -0.39 is 33.9 Å². The van der Waals surface area contributed by atoms with Crippen LogP contribution in [0.3, 0.4) is 0 Å². The summed E-state index contributed by atoms with van der Waals surface area (Å²) in [5.74, 6) is -0.962. The molecular weight excluding hydrogens is 452 g/mol. The molecule has 1 unspecified atom stereocenters. The number of nitrogens with zero attached hydrogens (tertiary/aromatic N) is 1. The first-order valence-electron chi connectivity index (χ1n) is 8.06. The van der Waals surface area contributed by atoms with Crippen LogP contribution in [0.2, 0.25) is 10.0 Å². The number of carbonyl (C=O) groups excluding carboxylic acids is 1. The first kappa shape index (κ1) is 21.9. The molecule has 1 aliphatic rings. The zero-order valence-electron chi connectivity index (χ0n) is 14.9. The van der Waals surface area contributed by atoms with Crippen molar-refractivity contribution >= 4 is 40.6 Å². The zero-order chi connectivity index (χ0) is 22.3. The Hall–Kier alpha value is -2.82. The summed E-state index contributed by atoms with van der Waals surface area (Å²) in [7, 11) is 1.04. The minimum Gasteiger partial charge on any atom is -0.465 e. The highest BCUT2D eigenvalue weighted by atomic mass is 35.5. The Labute approximate surface area is 177 Å². The lowest BCUT2D eigenvalue weighted by molar-refractivity contribution is -0.385. The Balaban J connectivity index is 2.15. The van der Waals surface area contributed by atoms with Crippen LogP contribution in [0, 0.1) is 10.1 Å². The van der Waals surface area contributed by atoms with E-state index in [0.29, 0.717) is 6.08 Å². The highest BCUT2D eigenvalue weighted by molar-refractivity contribution is 6.34. The van der Waals surface area contributed by atoms with Crippen molar-refractivity contribution in [3.63, 3.8) is 0 Å².